The fraction of sp³-hybridized carbons (Fsp3) is 0.545. The molecule has 92 valence electrons. The molecule has 0 aliphatic carbocycles. The Kier molecular flexibility index (Phi) is 2.74. The van der Waals surface area contributed by atoms with Gasteiger partial charge in [0.25, 0.3) is 0 Å². The quantitative estimate of drug-likeness (QED) is 0.869. The lowest BCUT2D eigenvalue weighted by atomic mass is 10.1. The second kappa shape index (κ2) is 3.96. The monoisotopic (exact) mass is 236 g/mol. The zero-order chi connectivity index (χ0) is 12.6. The van der Waals surface area contributed by atoms with Crippen molar-refractivity contribution in [2.45, 2.75) is 39.8 Å². The third-order valence-electron chi connectivity index (χ3n) is 2.26. The summed E-state index contributed by atoms with van der Waals surface area (Å²) in [6.07, 6.45) is 1.44. The molecule has 0 saturated heterocycles. The van der Waals surface area contributed by atoms with E-state index in [9.17, 15) is 5.11 Å². The number of nitrogens with zero attached hydrogens (tertiary/aromatic N) is 4. The first-order valence-electron chi connectivity index (χ1n) is 5.41. The molecule has 2 heterocycles. The highest BCUT2D eigenvalue weighted by Gasteiger charge is 2.21. The van der Waals surface area contributed by atoms with E-state index in [2.05, 4.69) is 15.1 Å². The molecule has 0 aromatic carbocycles. The van der Waals surface area contributed by atoms with E-state index in [1.54, 1.807) is 25.5 Å². The number of rotatable bonds is 3. The molecule has 0 saturated carbocycles. The highest BCUT2D eigenvalue weighted by atomic mass is 16.4. The van der Waals surface area contributed by atoms with Gasteiger partial charge in [-0.05, 0) is 20.8 Å². The molecular formula is C11H16N4O2. The third-order valence-corrected chi connectivity index (χ3v) is 2.26. The molecular weight excluding hydrogens is 220 g/mol. The highest BCUT2D eigenvalue weighted by molar-refractivity contribution is 5.49. The molecule has 0 atom stereocenters. The Hall–Kier alpha value is -1.69. The Balaban J connectivity index is 2.40. The van der Waals surface area contributed by atoms with E-state index in [0.717, 1.165) is 5.69 Å². The van der Waals surface area contributed by atoms with Crippen molar-refractivity contribution in [1.29, 1.82) is 0 Å². The van der Waals surface area contributed by atoms with E-state index in [0.29, 0.717) is 24.0 Å². The van der Waals surface area contributed by atoms with Crippen LogP contribution in [0.2, 0.25) is 0 Å². The summed E-state index contributed by atoms with van der Waals surface area (Å²) in [6.45, 7) is 7.43. The SMILES string of the molecule is Cc1nc(C)c(-c2ncnn2CC(C)(C)O)o1. The van der Waals surface area contributed by atoms with Gasteiger partial charge in [-0.2, -0.15) is 5.10 Å². The Labute approximate surface area is 99.3 Å². The number of hydrogen-bond acceptors (Lipinski definition) is 5. The minimum absolute atomic E-state index is 0.349. The van der Waals surface area contributed by atoms with Crippen molar-refractivity contribution < 1.29 is 9.52 Å². The predicted octanol–water partition coefficient (Wildman–Crippen LogP) is 1.32. The largest absolute Gasteiger partial charge is 0.437 e. The fourth-order valence-corrected chi connectivity index (χ4v) is 1.66. The molecule has 2 aromatic heterocycles. The van der Waals surface area contributed by atoms with E-state index in [-0.39, 0.29) is 0 Å². The van der Waals surface area contributed by atoms with Gasteiger partial charge in [0.1, 0.15) is 6.33 Å². The van der Waals surface area contributed by atoms with Crippen molar-refractivity contribution in [3.8, 4) is 11.6 Å². The fourth-order valence-electron chi connectivity index (χ4n) is 1.66. The lowest BCUT2D eigenvalue weighted by Gasteiger charge is -2.17. The summed E-state index contributed by atoms with van der Waals surface area (Å²) in [5.41, 5.74) is -0.0849. The summed E-state index contributed by atoms with van der Waals surface area (Å²) in [4.78, 5) is 8.35. The number of hydrogen-bond donors (Lipinski definition) is 1. The van der Waals surface area contributed by atoms with Crippen LogP contribution in [0, 0.1) is 13.8 Å². The Bertz CT molecular complexity index is 522. The van der Waals surface area contributed by atoms with Crippen LogP contribution < -0.4 is 0 Å². The molecule has 0 aliphatic rings. The summed E-state index contributed by atoms with van der Waals surface area (Å²) in [5.74, 6) is 1.78. The van der Waals surface area contributed by atoms with Gasteiger partial charge in [-0.25, -0.2) is 14.6 Å². The first kappa shape index (κ1) is 11.8. The summed E-state index contributed by atoms with van der Waals surface area (Å²) in [5, 5.41) is 13.9. The second-order valence-electron chi connectivity index (χ2n) is 4.70. The average molecular weight is 236 g/mol. The van der Waals surface area contributed by atoms with Crippen molar-refractivity contribution >= 4 is 0 Å². The first-order valence-corrected chi connectivity index (χ1v) is 5.41. The van der Waals surface area contributed by atoms with Crippen molar-refractivity contribution in [1.82, 2.24) is 19.7 Å². The minimum Gasteiger partial charge on any atom is -0.437 e. The Morgan fingerprint density at radius 3 is 2.65 bits per heavy atom. The summed E-state index contributed by atoms with van der Waals surface area (Å²) in [7, 11) is 0. The van der Waals surface area contributed by atoms with E-state index in [4.69, 9.17) is 4.42 Å². The standard InChI is InChI=1S/C11H16N4O2/c1-7-9(17-8(2)14-7)10-12-6-13-15(10)5-11(3,4)16/h6,16H,5H2,1-4H3. The molecule has 0 spiro atoms. The molecule has 0 fully saturated rings. The maximum absolute atomic E-state index is 9.80. The number of aryl methyl sites for hydroxylation is 2. The van der Waals surface area contributed by atoms with Gasteiger partial charge in [0.05, 0.1) is 17.8 Å². The highest BCUT2D eigenvalue weighted by Crippen LogP contribution is 2.22. The normalized spacial score (nSPS) is 12.1. The molecule has 0 radical (unpaired) electrons. The van der Waals surface area contributed by atoms with Crippen molar-refractivity contribution in [3.05, 3.63) is 17.9 Å². The molecule has 2 aromatic rings. The van der Waals surface area contributed by atoms with Crippen LogP contribution in [-0.2, 0) is 6.54 Å². The number of oxazole rings is 1. The first-order chi connectivity index (χ1) is 7.87. The van der Waals surface area contributed by atoms with Crippen molar-refractivity contribution in [2.75, 3.05) is 0 Å². The number of aliphatic hydroxyl groups is 1. The van der Waals surface area contributed by atoms with E-state index in [1.165, 1.54) is 6.33 Å². The summed E-state index contributed by atoms with van der Waals surface area (Å²) in [6, 6.07) is 0. The van der Waals surface area contributed by atoms with Crippen LogP contribution in [0.4, 0.5) is 0 Å². The van der Waals surface area contributed by atoms with Gasteiger partial charge in [0.2, 0.25) is 0 Å². The average Bonchev–Trinajstić information content (AvgIpc) is 2.70. The van der Waals surface area contributed by atoms with E-state index < -0.39 is 5.60 Å². The van der Waals surface area contributed by atoms with Crippen molar-refractivity contribution in [2.24, 2.45) is 0 Å². The van der Waals surface area contributed by atoms with Crippen LogP contribution in [0.15, 0.2) is 10.7 Å². The van der Waals surface area contributed by atoms with Crippen LogP contribution in [0.25, 0.3) is 11.6 Å². The third kappa shape index (κ3) is 2.52. The van der Waals surface area contributed by atoms with Crippen molar-refractivity contribution in [3.63, 3.8) is 0 Å². The minimum atomic E-state index is -0.856. The zero-order valence-electron chi connectivity index (χ0n) is 10.4. The van der Waals surface area contributed by atoms with Gasteiger partial charge in [-0.3, -0.25) is 0 Å². The lowest BCUT2D eigenvalue weighted by molar-refractivity contribution is 0.0581. The van der Waals surface area contributed by atoms with Gasteiger partial charge in [0, 0.05) is 6.92 Å². The van der Waals surface area contributed by atoms with E-state index >= 15 is 0 Å². The molecule has 0 amide bonds. The molecule has 2 rings (SSSR count). The molecule has 6 nitrogen and oxygen atoms in total. The van der Waals surface area contributed by atoms with E-state index in [1.807, 2.05) is 6.92 Å². The molecule has 0 unspecified atom stereocenters. The van der Waals surface area contributed by atoms with Crippen LogP contribution >= 0.6 is 0 Å². The predicted molar refractivity (Wildman–Crippen MR) is 61.3 cm³/mol. The Morgan fingerprint density at radius 2 is 2.12 bits per heavy atom. The van der Waals surface area contributed by atoms with Gasteiger partial charge >= 0.3 is 0 Å². The van der Waals surface area contributed by atoms with Crippen LogP contribution in [0.3, 0.4) is 0 Å². The molecule has 0 bridgehead atoms. The lowest BCUT2D eigenvalue weighted by Crippen LogP contribution is -2.27. The molecule has 6 heteroatoms. The van der Waals surface area contributed by atoms with Crippen LogP contribution in [0.1, 0.15) is 25.4 Å². The maximum atomic E-state index is 9.80. The second-order valence-corrected chi connectivity index (χ2v) is 4.70. The van der Waals surface area contributed by atoms with Gasteiger partial charge in [-0.15, -0.1) is 0 Å². The van der Waals surface area contributed by atoms with Gasteiger partial charge in [0.15, 0.2) is 17.5 Å². The molecule has 0 aliphatic heterocycles. The molecule has 17 heavy (non-hydrogen) atoms. The summed E-state index contributed by atoms with van der Waals surface area (Å²) < 4.78 is 7.12. The Morgan fingerprint density at radius 1 is 1.41 bits per heavy atom. The van der Waals surface area contributed by atoms with Crippen LogP contribution in [0.5, 0.6) is 0 Å². The van der Waals surface area contributed by atoms with Gasteiger partial charge in [-0.1, -0.05) is 0 Å². The maximum Gasteiger partial charge on any atom is 0.196 e. The number of aromatic nitrogens is 4. The molecule has 1 N–H and O–H groups in total. The zero-order valence-corrected chi connectivity index (χ0v) is 10.4. The van der Waals surface area contributed by atoms with Crippen LogP contribution in [-0.4, -0.2) is 30.5 Å². The smallest absolute Gasteiger partial charge is 0.196 e. The summed E-state index contributed by atoms with van der Waals surface area (Å²) >= 11 is 0. The van der Waals surface area contributed by atoms with Gasteiger partial charge < -0.3 is 9.52 Å². The topological polar surface area (TPSA) is 77.0 Å².